The van der Waals surface area contributed by atoms with Gasteiger partial charge in [-0.15, -0.1) is 0 Å². The highest BCUT2D eigenvalue weighted by molar-refractivity contribution is 5.74. The highest BCUT2D eigenvalue weighted by atomic mass is 16.2. The van der Waals surface area contributed by atoms with E-state index >= 15 is 0 Å². The summed E-state index contributed by atoms with van der Waals surface area (Å²) in [5, 5.41) is 3.11. The van der Waals surface area contributed by atoms with Crippen LogP contribution in [0.25, 0.3) is 0 Å². The van der Waals surface area contributed by atoms with E-state index in [0.29, 0.717) is 6.04 Å². The van der Waals surface area contributed by atoms with Crippen LogP contribution >= 0.6 is 0 Å². The smallest absolute Gasteiger partial charge is 0.317 e. The Morgan fingerprint density at radius 2 is 2.18 bits per heavy atom. The van der Waals surface area contributed by atoms with E-state index in [-0.39, 0.29) is 6.03 Å². The highest BCUT2D eigenvalue weighted by Gasteiger charge is 2.37. The molecule has 1 aromatic heterocycles. The van der Waals surface area contributed by atoms with Gasteiger partial charge in [-0.05, 0) is 44.9 Å². The average molecular weight is 304 g/mol. The van der Waals surface area contributed by atoms with Gasteiger partial charge in [-0.1, -0.05) is 12.8 Å². The fraction of sp³-hybridized carbons (Fsp3) is 0.765. The number of aromatic nitrogens is 2. The Kier molecular flexibility index (Phi) is 5.01. The van der Waals surface area contributed by atoms with Crippen molar-refractivity contribution in [1.29, 1.82) is 0 Å². The Labute approximate surface area is 133 Å². The number of hydrogen-bond donors (Lipinski definition) is 1. The van der Waals surface area contributed by atoms with Crippen molar-refractivity contribution in [3.05, 3.63) is 18.2 Å². The summed E-state index contributed by atoms with van der Waals surface area (Å²) in [4.78, 5) is 18.7. The minimum Gasteiger partial charge on any atom is -0.338 e. The van der Waals surface area contributed by atoms with Gasteiger partial charge < -0.3 is 14.8 Å². The molecule has 22 heavy (non-hydrogen) atoms. The Balaban J connectivity index is 1.35. The van der Waals surface area contributed by atoms with E-state index in [9.17, 15) is 4.79 Å². The molecule has 1 N–H and O–H groups in total. The van der Waals surface area contributed by atoms with Crippen LogP contribution in [-0.4, -0.2) is 39.6 Å². The van der Waals surface area contributed by atoms with Crippen molar-refractivity contribution in [2.24, 2.45) is 5.92 Å². The second-order valence-corrected chi connectivity index (χ2v) is 6.70. The molecule has 1 aliphatic heterocycles. The summed E-state index contributed by atoms with van der Waals surface area (Å²) in [6.07, 6.45) is 12.3. The first kappa shape index (κ1) is 15.4. The highest BCUT2D eigenvalue weighted by Crippen LogP contribution is 2.35. The molecule has 1 saturated carbocycles. The van der Waals surface area contributed by atoms with Crippen LogP contribution < -0.4 is 5.32 Å². The molecule has 2 amide bonds. The van der Waals surface area contributed by atoms with Crippen LogP contribution in [0, 0.1) is 12.8 Å². The summed E-state index contributed by atoms with van der Waals surface area (Å²) in [6, 6.07) is 0.676. The molecule has 0 spiro atoms. The third-order valence-corrected chi connectivity index (χ3v) is 5.30. The molecule has 1 saturated heterocycles. The number of carbonyl (C=O) groups excluding carboxylic acids is 1. The lowest BCUT2D eigenvalue weighted by molar-refractivity contribution is 0.170. The zero-order chi connectivity index (χ0) is 15.4. The van der Waals surface area contributed by atoms with E-state index in [0.717, 1.165) is 44.2 Å². The van der Waals surface area contributed by atoms with Crippen LogP contribution in [0.1, 0.15) is 50.8 Å². The van der Waals surface area contributed by atoms with Crippen molar-refractivity contribution in [1.82, 2.24) is 19.8 Å². The fourth-order valence-corrected chi connectivity index (χ4v) is 4.00. The number of fused-ring (bicyclic) bond motifs is 1. The van der Waals surface area contributed by atoms with E-state index in [1.54, 1.807) is 0 Å². The molecule has 0 bridgehead atoms. The molecule has 1 aromatic rings. The Morgan fingerprint density at radius 3 is 3.00 bits per heavy atom. The van der Waals surface area contributed by atoms with Crippen molar-refractivity contribution in [3.8, 4) is 0 Å². The molecule has 3 rings (SSSR count). The molecule has 122 valence electrons. The fourth-order valence-electron chi connectivity index (χ4n) is 4.00. The van der Waals surface area contributed by atoms with E-state index in [4.69, 9.17) is 0 Å². The van der Waals surface area contributed by atoms with Gasteiger partial charge in [0.05, 0.1) is 0 Å². The normalized spacial score (nSPS) is 24.3. The maximum atomic E-state index is 12.3. The van der Waals surface area contributed by atoms with Crippen molar-refractivity contribution in [2.75, 3.05) is 13.1 Å². The Morgan fingerprint density at radius 1 is 1.32 bits per heavy atom. The molecule has 0 radical (unpaired) electrons. The second kappa shape index (κ2) is 7.16. The zero-order valence-electron chi connectivity index (χ0n) is 13.6. The number of nitrogens with zero attached hydrogens (tertiary/aromatic N) is 3. The largest absolute Gasteiger partial charge is 0.338 e. The van der Waals surface area contributed by atoms with Gasteiger partial charge in [0.1, 0.15) is 5.82 Å². The molecule has 5 nitrogen and oxygen atoms in total. The van der Waals surface area contributed by atoms with Crippen molar-refractivity contribution >= 4 is 6.03 Å². The molecule has 2 atom stereocenters. The summed E-state index contributed by atoms with van der Waals surface area (Å²) in [5.41, 5.74) is 0. The monoisotopic (exact) mass is 304 g/mol. The minimum absolute atomic E-state index is 0.160. The molecule has 1 aliphatic carbocycles. The number of nitrogens with one attached hydrogen (secondary N) is 1. The summed E-state index contributed by atoms with van der Waals surface area (Å²) in [6.45, 7) is 4.74. The second-order valence-electron chi connectivity index (χ2n) is 6.70. The standard InChI is InChI=1S/C17H28N4O/c1-14-18-10-13-20(14)11-5-4-9-19-17(22)21-12-8-15-6-2-3-7-16(15)21/h10,13,15-16H,2-9,11-12H2,1H3,(H,19,22)/t15-,16-/m1/s1. The van der Waals surface area contributed by atoms with Gasteiger partial charge in [0, 0.05) is 38.1 Å². The van der Waals surface area contributed by atoms with E-state index in [2.05, 4.69) is 19.8 Å². The topological polar surface area (TPSA) is 50.2 Å². The first-order valence-corrected chi connectivity index (χ1v) is 8.78. The van der Waals surface area contributed by atoms with Crippen LogP contribution in [-0.2, 0) is 6.54 Å². The first-order valence-electron chi connectivity index (χ1n) is 8.78. The van der Waals surface area contributed by atoms with Crippen molar-refractivity contribution < 1.29 is 4.79 Å². The number of imidazole rings is 1. The van der Waals surface area contributed by atoms with E-state index < -0.39 is 0 Å². The third kappa shape index (κ3) is 3.45. The van der Waals surface area contributed by atoms with Gasteiger partial charge in [-0.2, -0.15) is 0 Å². The van der Waals surface area contributed by atoms with Gasteiger partial charge in [-0.3, -0.25) is 0 Å². The van der Waals surface area contributed by atoms with Gasteiger partial charge in [0.25, 0.3) is 0 Å². The van der Waals surface area contributed by atoms with Crippen LogP contribution in [0.5, 0.6) is 0 Å². The molecular weight excluding hydrogens is 276 g/mol. The minimum atomic E-state index is 0.160. The van der Waals surface area contributed by atoms with Gasteiger partial charge in [0.2, 0.25) is 0 Å². The number of amides is 2. The van der Waals surface area contributed by atoms with E-state index in [1.807, 2.05) is 19.3 Å². The SMILES string of the molecule is Cc1nccn1CCCCNC(=O)N1CC[C@H]2CCCC[C@H]21. The lowest BCUT2D eigenvalue weighted by Crippen LogP contribution is -2.45. The van der Waals surface area contributed by atoms with Crippen LogP contribution in [0.2, 0.25) is 0 Å². The number of urea groups is 1. The van der Waals surface area contributed by atoms with Crippen molar-refractivity contribution in [2.45, 2.75) is 64.5 Å². The van der Waals surface area contributed by atoms with Gasteiger partial charge in [0.15, 0.2) is 0 Å². The van der Waals surface area contributed by atoms with Crippen molar-refractivity contribution in [3.63, 3.8) is 0 Å². The summed E-state index contributed by atoms with van der Waals surface area (Å²) < 4.78 is 2.16. The average Bonchev–Trinajstić information content (AvgIpc) is 3.13. The number of unbranched alkanes of at least 4 members (excludes halogenated alkanes) is 1. The van der Waals surface area contributed by atoms with Crippen LogP contribution in [0.15, 0.2) is 12.4 Å². The van der Waals surface area contributed by atoms with Crippen LogP contribution in [0.3, 0.4) is 0 Å². The molecule has 2 fully saturated rings. The molecular formula is C17H28N4O. The molecule has 0 unspecified atom stereocenters. The lowest BCUT2D eigenvalue weighted by Gasteiger charge is -2.31. The van der Waals surface area contributed by atoms with Gasteiger partial charge in [-0.25, -0.2) is 9.78 Å². The summed E-state index contributed by atoms with van der Waals surface area (Å²) in [5.74, 6) is 1.83. The van der Waals surface area contributed by atoms with E-state index in [1.165, 1.54) is 32.1 Å². The maximum absolute atomic E-state index is 12.3. The number of hydrogen-bond acceptors (Lipinski definition) is 2. The molecule has 0 aromatic carbocycles. The summed E-state index contributed by atoms with van der Waals surface area (Å²) >= 11 is 0. The summed E-state index contributed by atoms with van der Waals surface area (Å²) in [7, 11) is 0. The predicted octanol–water partition coefficient (Wildman–Crippen LogP) is 2.95. The Bertz CT molecular complexity index is 499. The Hall–Kier alpha value is -1.52. The third-order valence-electron chi connectivity index (χ3n) is 5.30. The maximum Gasteiger partial charge on any atom is 0.317 e. The number of likely N-dealkylation sites (tertiary alicyclic amines) is 1. The first-order chi connectivity index (χ1) is 10.8. The zero-order valence-corrected chi connectivity index (χ0v) is 13.6. The molecule has 2 heterocycles. The predicted molar refractivity (Wildman–Crippen MR) is 86.7 cm³/mol. The molecule has 5 heteroatoms. The molecule has 2 aliphatic rings. The number of carbonyl (C=O) groups is 1. The van der Waals surface area contributed by atoms with Crippen LogP contribution in [0.4, 0.5) is 4.79 Å². The quantitative estimate of drug-likeness (QED) is 0.850. The van der Waals surface area contributed by atoms with Gasteiger partial charge >= 0.3 is 6.03 Å². The number of aryl methyl sites for hydroxylation is 2. The lowest BCUT2D eigenvalue weighted by atomic mass is 9.85. The number of rotatable bonds is 5.